The van der Waals surface area contributed by atoms with Gasteiger partial charge in [0, 0.05) is 25.5 Å². The molecule has 0 aromatic carbocycles. The molecule has 0 atom stereocenters. The first-order chi connectivity index (χ1) is 7.65. The number of hydrogen-bond acceptors (Lipinski definition) is 5. The van der Waals surface area contributed by atoms with E-state index in [0.717, 1.165) is 0 Å². The van der Waals surface area contributed by atoms with Crippen molar-refractivity contribution in [2.45, 2.75) is 0 Å². The van der Waals surface area contributed by atoms with Gasteiger partial charge in [0.05, 0.1) is 0 Å². The maximum atomic E-state index is 5.47. The van der Waals surface area contributed by atoms with Crippen molar-refractivity contribution in [3.05, 3.63) is 30.2 Å². The van der Waals surface area contributed by atoms with E-state index in [0.29, 0.717) is 17.5 Å². The summed E-state index contributed by atoms with van der Waals surface area (Å²) in [5.74, 6) is 1.09. The number of nitrogens with zero attached hydrogens (tertiary/aromatic N) is 4. The first-order valence-corrected chi connectivity index (χ1v) is 4.95. The molecule has 0 aliphatic heterocycles. The van der Waals surface area contributed by atoms with Crippen LogP contribution in [0.5, 0.6) is 0 Å². The summed E-state index contributed by atoms with van der Waals surface area (Å²) in [5.41, 5.74) is 6.00. The molecule has 0 saturated carbocycles. The van der Waals surface area contributed by atoms with Gasteiger partial charge in [-0.2, -0.15) is 5.10 Å². The van der Waals surface area contributed by atoms with E-state index < -0.39 is 0 Å². The minimum Gasteiger partial charge on any atom is -0.388 e. The quantitative estimate of drug-likeness (QED) is 0.756. The summed E-state index contributed by atoms with van der Waals surface area (Å²) in [5, 5.41) is 7.09. The molecule has 6 nitrogen and oxygen atoms in total. The first-order valence-electron chi connectivity index (χ1n) is 4.54. The third-order valence-corrected chi connectivity index (χ3v) is 2.07. The van der Waals surface area contributed by atoms with E-state index in [1.165, 1.54) is 0 Å². The van der Waals surface area contributed by atoms with Gasteiger partial charge in [-0.3, -0.25) is 4.68 Å². The standard InChI is InChI=1S/C9H10N6S/c1-15-5-3-7(14-15)13-9-11-4-2-6(12-9)8(10)16/h2-5H,1H3,(H2,10,16)(H,11,12,13,14). The number of nitrogens with two attached hydrogens (primary N) is 1. The smallest absolute Gasteiger partial charge is 0.229 e. The van der Waals surface area contributed by atoms with Gasteiger partial charge in [0.1, 0.15) is 10.7 Å². The molecule has 0 bridgehead atoms. The zero-order valence-electron chi connectivity index (χ0n) is 8.58. The lowest BCUT2D eigenvalue weighted by atomic mass is 10.4. The molecule has 0 radical (unpaired) electrons. The molecule has 0 unspecified atom stereocenters. The second-order valence-electron chi connectivity index (χ2n) is 3.13. The minimum absolute atomic E-state index is 0.242. The molecule has 2 aromatic heterocycles. The predicted octanol–water partition coefficient (Wildman–Crippen LogP) is 0.588. The molecule has 2 heterocycles. The predicted molar refractivity (Wildman–Crippen MR) is 64.4 cm³/mol. The van der Waals surface area contributed by atoms with E-state index >= 15 is 0 Å². The van der Waals surface area contributed by atoms with E-state index in [2.05, 4.69) is 20.4 Å². The van der Waals surface area contributed by atoms with Gasteiger partial charge in [-0.25, -0.2) is 9.97 Å². The van der Waals surface area contributed by atoms with Crippen molar-refractivity contribution in [3.63, 3.8) is 0 Å². The topological polar surface area (TPSA) is 81.7 Å². The Morgan fingerprint density at radius 3 is 2.94 bits per heavy atom. The molecule has 0 fully saturated rings. The van der Waals surface area contributed by atoms with Crippen LogP contribution in [0.15, 0.2) is 24.5 Å². The van der Waals surface area contributed by atoms with Crippen LogP contribution in [-0.4, -0.2) is 24.7 Å². The second kappa shape index (κ2) is 4.23. The Labute approximate surface area is 97.5 Å². The molecule has 0 saturated heterocycles. The summed E-state index contributed by atoms with van der Waals surface area (Å²) >= 11 is 4.83. The number of thiocarbonyl (C=S) groups is 1. The number of anilines is 2. The van der Waals surface area contributed by atoms with Crippen molar-refractivity contribution in [1.82, 2.24) is 19.7 Å². The number of aromatic nitrogens is 4. The molecule has 0 amide bonds. The minimum atomic E-state index is 0.242. The zero-order chi connectivity index (χ0) is 11.5. The lowest BCUT2D eigenvalue weighted by molar-refractivity contribution is 0.770. The van der Waals surface area contributed by atoms with Gasteiger partial charge in [-0.05, 0) is 6.07 Å². The lowest BCUT2D eigenvalue weighted by Gasteiger charge is -2.02. The van der Waals surface area contributed by atoms with Crippen LogP contribution in [0.4, 0.5) is 11.8 Å². The summed E-state index contributed by atoms with van der Waals surface area (Å²) < 4.78 is 1.68. The fourth-order valence-corrected chi connectivity index (χ4v) is 1.27. The molecule has 0 aliphatic rings. The molecule has 3 N–H and O–H groups in total. The van der Waals surface area contributed by atoms with Gasteiger partial charge in [-0.15, -0.1) is 0 Å². The van der Waals surface area contributed by atoms with Crippen molar-refractivity contribution in [2.75, 3.05) is 5.32 Å². The third-order valence-electron chi connectivity index (χ3n) is 1.86. The molecule has 7 heteroatoms. The van der Waals surface area contributed by atoms with Crippen LogP contribution in [0, 0.1) is 0 Å². The van der Waals surface area contributed by atoms with E-state index in [4.69, 9.17) is 18.0 Å². The largest absolute Gasteiger partial charge is 0.388 e. The number of rotatable bonds is 3. The number of aryl methyl sites for hydroxylation is 1. The molecule has 2 rings (SSSR count). The van der Waals surface area contributed by atoms with Gasteiger partial charge in [0.2, 0.25) is 5.95 Å². The molecular formula is C9H10N6S. The highest BCUT2D eigenvalue weighted by atomic mass is 32.1. The molecule has 0 spiro atoms. The average Bonchev–Trinajstić information content (AvgIpc) is 2.64. The highest BCUT2D eigenvalue weighted by Gasteiger charge is 2.03. The lowest BCUT2D eigenvalue weighted by Crippen LogP contribution is -2.12. The van der Waals surface area contributed by atoms with E-state index in [9.17, 15) is 0 Å². The SMILES string of the molecule is Cn1ccc(Nc2nccc(C(N)=S)n2)n1. The second-order valence-corrected chi connectivity index (χ2v) is 3.57. The summed E-state index contributed by atoms with van der Waals surface area (Å²) in [4.78, 5) is 8.42. The molecule has 16 heavy (non-hydrogen) atoms. The normalized spacial score (nSPS) is 10.1. The third kappa shape index (κ3) is 2.31. The van der Waals surface area contributed by atoms with Crippen molar-refractivity contribution in [1.29, 1.82) is 0 Å². The van der Waals surface area contributed by atoms with E-state index in [1.807, 2.05) is 19.3 Å². The van der Waals surface area contributed by atoms with Crippen LogP contribution < -0.4 is 11.1 Å². The Hall–Kier alpha value is -2.02. The van der Waals surface area contributed by atoms with Gasteiger partial charge < -0.3 is 11.1 Å². The highest BCUT2D eigenvalue weighted by molar-refractivity contribution is 7.80. The van der Waals surface area contributed by atoms with Crippen molar-refractivity contribution in [3.8, 4) is 0 Å². The van der Waals surface area contributed by atoms with Gasteiger partial charge in [0.15, 0.2) is 5.82 Å². The first kappa shape index (κ1) is 10.5. The summed E-state index contributed by atoms with van der Waals surface area (Å²) in [6, 6.07) is 3.47. The molecule has 0 aliphatic carbocycles. The zero-order valence-corrected chi connectivity index (χ0v) is 9.40. The Morgan fingerprint density at radius 1 is 1.50 bits per heavy atom. The summed E-state index contributed by atoms with van der Waals surface area (Å²) in [6.45, 7) is 0. The van der Waals surface area contributed by atoms with Gasteiger partial charge >= 0.3 is 0 Å². The molecular weight excluding hydrogens is 224 g/mol. The number of hydrogen-bond donors (Lipinski definition) is 2. The Kier molecular flexibility index (Phi) is 2.78. The summed E-state index contributed by atoms with van der Waals surface area (Å²) in [7, 11) is 1.83. The fourth-order valence-electron chi connectivity index (χ4n) is 1.15. The van der Waals surface area contributed by atoms with Crippen LogP contribution >= 0.6 is 12.2 Å². The average molecular weight is 234 g/mol. The van der Waals surface area contributed by atoms with E-state index in [-0.39, 0.29) is 4.99 Å². The van der Waals surface area contributed by atoms with Crippen LogP contribution in [0.1, 0.15) is 5.69 Å². The van der Waals surface area contributed by atoms with Crippen LogP contribution in [-0.2, 0) is 7.05 Å². The Bertz CT molecular complexity index is 520. The maximum absolute atomic E-state index is 5.47. The Morgan fingerprint density at radius 2 is 2.31 bits per heavy atom. The van der Waals surface area contributed by atoms with E-state index in [1.54, 1.807) is 16.9 Å². The van der Waals surface area contributed by atoms with Gasteiger partial charge in [0.25, 0.3) is 0 Å². The summed E-state index contributed by atoms with van der Waals surface area (Å²) in [6.07, 6.45) is 3.41. The highest BCUT2D eigenvalue weighted by Crippen LogP contribution is 2.09. The number of nitrogens with one attached hydrogen (secondary N) is 1. The Balaban J connectivity index is 2.21. The molecule has 2 aromatic rings. The van der Waals surface area contributed by atoms with Crippen molar-refractivity contribution < 1.29 is 0 Å². The van der Waals surface area contributed by atoms with Crippen LogP contribution in [0.2, 0.25) is 0 Å². The maximum Gasteiger partial charge on any atom is 0.229 e. The fraction of sp³-hybridized carbons (Fsp3) is 0.111. The van der Waals surface area contributed by atoms with Gasteiger partial charge in [-0.1, -0.05) is 12.2 Å². The monoisotopic (exact) mass is 234 g/mol. The van der Waals surface area contributed by atoms with Crippen LogP contribution in [0.25, 0.3) is 0 Å². The molecule has 82 valence electrons. The van der Waals surface area contributed by atoms with Crippen molar-refractivity contribution >= 4 is 29.0 Å². The van der Waals surface area contributed by atoms with Crippen molar-refractivity contribution in [2.24, 2.45) is 12.8 Å². The van der Waals surface area contributed by atoms with Crippen LogP contribution in [0.3, 0.4) is 0 Å².